The molecule has 3 rings (SSSR count). The van der Waals surface area contributed by atoms with Gasteiger partial charge in [-0.1, -0.05) is 41.4 Å². The molecule has 2 aromatic rings. The summed E-state index contributed by atoms with van der Waals surface area (Å²) in [4.78, 5) is 25.6. The van der Waals surface area contributed by atoms with E-state index in [0.29, 0.717) is 34.0 Å². The molecule has 0 aromatic heterocycles. The van der Waals surface area contributed by atoms with Gasteiger partial charge >= 0.3 is 6.09 Å². The lowest BCUT2D eigenvalue weighted by molar-refractivity contribution is 0.0937. The molecule has 1 aliphatic carbocycles. The minimum Gasteiger partial charge on any atom is -0.465 e. The largest absolute Gasteiger partial charge is 0.465 e. The number of nitrogens with one attached hydrogen (secondary N) is 1. The van der Waals surface area contributed by atoms with E-state index in [0.717, 1.165) is 11.1 Å². The summed E-state index contributed by atoms with van der Waals surface area (Å²) in [6.45, 7) is -0.0523. The zero-order valence-corrected chi connectivity index (χ0v) is 17.4. The monoisotopic (exact) mass is 436 g/mol. The van der Waals surface area contributed by atoms with Crippen LogP contribution < -0.4 is 5.32 Å². The average molecular weight is 437 g/mol. The van der Waals surface area contributed by atoms with Crippen molar-refractivity contribution in [1.82, 2.24) is 10.2 Å². The van der Waals surface area contributed by atoms with Crippen molar-refractivity contribution in [3.05, 3.63) is 68.7 Å². The van der Waals surface area contributed by atoms with Crippen LogP contribution in [0, 0.1) is 0 Å². The summed E-state index contributed by atoms with van der Waals surface area (Å²) in [7, 11) is 1.51. The van der Waals surface area contributed by atoms with E-state index in [1.165, 1.54) is 11.9 Å². The van der Waals surface area contributed by atoms with E-state index >= 15 is 0 Å². The van der Waals surface area contributed by atoms with Crippen LogP contribution in [0.1, 0.15) is 51.8 Å². The van der Waals surface area contributed by atoms with Crippen LogP contribution in [-0.2, 0) is 0 Å². The number of hydrogen-bond donors (Lipinski definition) is 3. The molecule has 0 saturated heterocycles. The first-order valence-electron chi connectivity index (χ1n) is 9.27. The van der Waals surface area contributed by atoms with E-state index in [-0.39, 0.29) is 25.0 Å². The quantitative estimate of drug-likeness (QED) is 0.651. The zero-order valence-electron chi connectivity index (χ0n) is 15.9. The van der Waals surface area contributed by atoms with Crippen LogP contribution >= 0.6 is 23.2 Å². The van der Waals surface area contributed by atoms with E-state index in [1.54, 1.807) is 18.2 Å². The van der Waals surface area contributed by atoms with Gasteiger partial charge in [0.05, 0.1) is 22.7 Å². The average Bonchev–Trinajstić information content (AvgIpc) is 2.72. The van der Waals surface area contributed by atoms with Gasteiger partial charge in [-0.05, 0) is 47.7 Å². The van der Waals surface area contributed by atoms with Gasteiger partial charge in [0.25, 0.3) is 5.91 Å². The number of aliphatic hydroxyl groups is 1. The number of aliphatic hydroxyl groups excluding tert-OH is 1. The summed E-state index contributed by atoms with van der Waals surface area (Å²) < 4.78 is 0. The molecule has 0 unspecified atom stereocenters. The Hall–Kier alpha value is -2.28. The molecule has 29 heavy (non-hydrogen) atoms. The number of fused-ring (bicyclic) bond motifs is 1. The van der Waals surface area contributed by atoms with Crippen LogP contribution in [0.5, 0.6) is 0 Å². The fraction of sp³-hybridized carbons (Fsp3) is 0.333. The maximum atomic E-state index is 12.7. The molecule has 0 saturated carbocycles. The van der Waals surface area contributed by atoms with Crippen molar-refractivity contribution in [2.75, 3.05) is 20.2 Å². The van der Waals surface area contributed by atoms with Gasteiger partial charge in [0, 0.05) is 25.1 Å². The topological polar surface area (TPSA) is 89.9 Å². The Labute approximate surface area is 179 Å². The van der Waals surface area contributed by atoms with Crippen molar-refractivity contribution < 1.29 is 19.8 Å². The van der Waals surface area contributed by atoms with Crippen LogP contribution in [0.25, 0.3) is 0 Å². The second kappa shape index (κ2) is 9.03. The number of amides is 2. The minimum atomic E-state index is -1.06. The van der Waals surface area contributed by atoms with Crippen molar-refractivity contribution in [2.45, 2.75) is 24.8 Å². The van der Waals surface area contributed by atoms with Crippen molar-refractivity contribution in [1.29, 1.82) is 0 Å². The maximum absolute atomic E-state index is 12.7. The number of rotatable bonds is 5. The number of halogens is 2. The molecule has 2 aromatic carbocycles. The van der Waals surface area contributed by atoms with Crippen molar-refractivity contribution in [3.8, 4) is 0 Å². The van der Waals surface area contributed by atoms with E-state index in [1.807, 2.05) is 18.2 Å². The van der Waals surface area contributed by atoms with Gasteiger partial charge in [-0.3, -0.25) is 4.79 Å². The van der Waals surface area contributed by atoms with Crippen LogP contribution in [0.15, 0.2) is 36.4 Å². The third kappa shape index (κ3) is 4.34. The van der Waals surface area contributed by atoms with Gasteiger partial charge in [0.15, 0.2) is 0 Å². The second-order valence-electron chi connectivity index (χ2n) is 7.00. The zero-order chi connectivity index (χ0) is 21.1. The molecule has 0 fully saturated rings. The van der Waals surface area contributed by atoms with E-state index < -0.39 is 12.1 Å². The molecule has 0 radical (unpaired) electrons. The molecule has 0 bridgehead atoms. The van der Waals surface area contributed by atoms with E-state index in [2.05, 4.69) is 5.32 Å². The first-order valence-corrected chi connectivity index (χ1v) is 10.0. The van der Waals surface area contributed by atoms with Crippen LogP contribution in [0.4, 0.5) is 4.79 Å². The van der Waals surface area contributed by atoms with Gasteiger partial charge in [-0.2, -0.15) is 0 Å². The molecule has 0 aliphatic heterocycles. The molecule has 2 amide bonds. The lowest BCUT2D eigenvalue weighted by Crippen LogP contribution is -2.36. The van der Waals surface area contributed by atoms with Gasteiger partial charge in [0.2, 0.25) is 0 Å². The Balaban J connectivity index is 2.13. The number of nitrogens with zero attached hydrogens (tertiary/aromatic N) is 1. The number of benzene rings is 2. The Bertz CT molecular complexity index is 935. The SMILES string of the molecule is CN(C(=O)O)[C@H]1CC[C@@H](c2ccc(Cl)c(Cl)c2)c2cccc(C(=O)NCCO)c21. The summed E-state index contributed by atoms with van der Waals surface area (Å²) >= 11 is 12.3. The van der Waals surface area contributed by atoms with Crippen molar-refractivity contribution >= 4 is 35.2 Å². The predicted molar refractivity (Wildman–Crippen MR) is 112 cm³/mol. The standard InChI is InChI=1S/C21H22Cl2N2O4/c1-25(21(28)29)18-8-6-13(12-5-7-16(22)17(23)11-12)14-3-2-4-15(19(14)18)20(27)24-9-10-26/h2-5,7,11,13,18,26H,6,8-10H2,1H3,(H,24,27)(H,28,29)/t13-,18-/m0/s1. The second-order valence-corrected chi connectivity index (χ2v) is 7.82. The first kappa shape index (κ1) is 21.4. The molecule has 0 spiro atoms. The third-order valence-electron chi connectivity index (χ3n) is 5.33. The van der Waals surface area contributed by atoms with E-state index in [9.17, 15) is 14.7 Å². The summed E-state index contributed by atoms with van der Waals surface area (Å²) in [6, 6.07) is 10.4. The van der Waals surface area contributed by atoms with Gasteiger partial charge in [-0.25, -0.2) is 4.79 Å². The molecule has 2 atom stereocenters. The number of carbonyl (C=O) groups is 2. The van der Waals surface area contributed by atoms with Crippen LogP contribution in [0.2, 0.25) is 10.0 Å². The molecule has 0 heterocycles. The highest BCUT2D eigenvalue weighted by Crippen LogP contribution is 2.45. The summed E-state index contributed by atoms with van der Waals surface area (Å²) in [5, 5.41) is 22.2. The molecular formula is C21H22Cl2N2O4. The normalized spacial score (nSPS) is 18.1. The lowest BCUT2D eigenvalue weighted by atomic mass is 9.74. The van der Waals surface area contributed by atoms with Crippen LogP contribution in [-0.4, -0.2) is 47.3 Å². The Kier molecular flexibility index (Phi) is 6.67. The minimum absolute atomic E-state index is 0.0381. The van der Waals surface area contributed by atoms with Crippen LogP contribution in [0.3, 0.4) is 0 Å². The van der Waals surface area contributed by atoms with Gasteiger partial charge in [-0.15, -0.1) is 0 Å². The fourth-order valence-corrected chi connectivity index (χ4v) is 4.25. The third-order valence-corrected chi connectivity index (χ3v) is 6.07. The first-order chi connectivity index (χ1) is 13.8. The summed E-state index contributed by atoms with van der Waals surface area (Å²) in [5.74, 6) is -0.377. The predicted octanol–water partition coefficient (Wildman–Crippen LogP) is 4.29. The number of carbonyl (C=O) groups excluding carboxylic acids is 1. The highest BCUT2D eigenvalue weighted by Gasteiger charge is 2.35. The molecule has 1 aliphatic rings. The molecule has 8 heteroatoms. The maximum Gasteiger partial charge on any atom is 0.407 e. The Morgan fingerprint density at radius 1 is 1.17 bits per heavy atom. The molecular weight excluding hydrogens is 415 g/mol. The molecule has 3 N–H and O–H groups in total. The van der Waals surface area contributed by atoms with E-state index in [4.69, 9.17) is 28.3 Å². The number of carboxylic acid groups (broad SMARTS) is 1. The summed E-state index contributed by atoms with van der Waals surface area (Å²) in [5.41, 5.74) is 2.96. The highest BCUT2D eigenvalue weighted by molar-refractivity contribution is 6.42. The molecule has 6 nitrogen and oxygen atoms in total. The highest BCUT2D eigenvalue weighted by atomic mass is 35.5. The number of hydrogen-bond acceptors (Lipinski definition) is 3. The van der Waals surface area contributed by atoms with Gasteiger partial charge < -0.3 is 20.4 Å². The summed E-state index contributed by atoms with van der Waals surface area (Å²) in [6.07, 6.45) is 0.208. The molecule has 154 valence electrons. The Morgan fingerprint density at radius 2 is 1.93 bits per heavy atom. The van der Waals surface area contributed by atoms with Crippen molar-refractivity contribution in [2.24, 2.45) is 0 Å². The van der Waals surface area contributed by atoms with Gasteiger partial charge in [0.1, 0.15) is 0 Å². The lowest BCUT2D eigenvalue weighted by Gasteiger charge is -2.37. The van der Waals surface area contributed by atoms with Crippen molar-refractivity contribution in [3.63, 3.8) is 0 Å². The Morgan fingerprint density at radius 3 is 2.59 bits per heavy atom. The smallest absolute Gasteiger partial charge is 0.407 e. The fourth-order valence-electron chi connectivity index (χ4n) is 3.94.